The van der Waals surface area contributed by atoms with Crippen LogP contribution in [0.15, 0.2) is 89.1 Å². The molecule has 0 amide bonds. The van der Waals surface area contributed by atoms with Gasteiger partial charge in [-0.05, 0) is 54.2 Å². The van der Waals surface area contributed by atoms with E-state index in [0.29, 0.717) is 23.4 Å². The summed E-state index contributed by atoms with van der Waals surface area (Å²) in [7, 11) is 0. The highest BCUT2D eigenvalue weighted by atomic mass is 32.1. The fourth-order valence-electron chi connectivity index (χ4n) is 4.55. The van der Waals surface area contributed by atoms with Gasteiger partial charge >= 0.3 is 0 Å². The monoisotopic (exact) mass is 494 g/mol. The zero-order valence-corrected chi connectivity index (χ0v) is 21.7. The lowest BCUT2D eigenvalue weighted by Crippen LogP contribution is -2.45. The molecule has 1 N–H and O–H groups in total. The number of nitrogens with one attached hydrogen (secondary N) is 1. The van der Waals surface area contributed by atoms with Gasteiger partial charge in [-0.25, -0.2) is 0 Å². The van der Waals surface area contributed by atoms with Crippen LogP contribution in [-0.4, -0.2) is 20.2 Å². The maximum atomic E-state index is 5.87. The summed E-state index contributed by atoms with van der Waals surface area (Å²) in [5.74, 6) is 1.08. The molecule has 1 aliphatic heterocycles. The first-order chi connectivity index (χ1) is 17.6. The summed E-state index contributed by atoms with van der Waals surface area (Å²) >= 11 is 5.85. The number of benzene rings is 3. The van der Waals surface area contributed by atoms with Crippen molar-refractivity contribution in [3.05, 3.63) is 113 Å². The molecular formula is C30H30N4OS. The first kappa shape index (κ1) is 23.9. The Kier molecular flexibility index (Phi) is 6.96. The maximum Gasteiger partial charge on any atom is 0.258 e. The molecule has 0 bridgehead atoms. The van der Waals surface area contributed by atoms with Crippen molar-refractivity contribution in [1.29, 1.82) is 0 Å². The summed E-state index contributed by atoms with van der Waals surface area (Å²) in [5.41, 5.74) is 7.75. The van der Waals surface area contributed by atoms with Gasteiger partial charge in [-0.15, -0.1) is 0 Å². The summed E-state index contributed by atoms with van der Waals surface area (Å²) in [6.07, 6.45) is 2.01. The highest BCUT2D eigenvalue weighted by molar-refractivity contribution is 7.80. The van der Waals surface area contributed by atoms with E-state index in [-0.39, 0.29) is 6.04 Å². The number of rotatable bonds is 7. The zero-order valence-electron chi connectivity index (χ0n) is 20.9. The van der Waals surface area contributed by atoms with Crippen LogP contribution in [0.3, 0.4) is 0 Å². The molecule has 1 aliphatic rings. The average Bonchev–Trinajstić information content (AvgIpc) is 3.41. The van der Waals surface area contributed by atoms with E-state index in [2.05, 4.69) is 84.7 Å². The number of hydrogen-bond acceptors (Lipinski definition) is 4. The Morgan fingerprint density at radius 2 is 1.47 bits per heavy atom. The number of thiocarbonyl (C=S) groups is 1. The Morgan fingerprint density at radius 3 is 2.11 bits per heavy atom. The van der Waals surface area contributed by atoms with Gasteiger partial charge < -0.3 is 14.7 Å². The molecule has 0 fully saturated rings. The highest BCUT2D eigenvalue weighted by Gasteiger charge is 2.34. The van der Waals surface area contributed by atoms with Crippen molar-refractivity contribution < 1.29 is 4.52 Å². The van der Waals surface area contributed by atoms with Crippen LogP contribution in [0, 0.1) is 0 Å². The standard InChI is InChI=1S/C30H30N4OS/c1-4-21-11-13-23(14-12-21)19-34-20(3)26(27(31-30(34)36)24-9-7-6-8-10-24)29-32-28(33-35-29)25-17-15-22(5-2)16-18-25/h6-18,27H,4-5,19H2,1-3H3,(H,31,36). The van der Waals surface area contributed by atoms with Gasteiger partial charge in [0.2, 0.25) is 5.82 Å². The van der Waals surface area contributed by atoms with Gasteiger partial charge in [-0.1, -0.05) is 97.9 Å². The number of aromatic nitrogens is 2. The van der Waals surface area contributed by atoms with Crippen molar-refractivity contribution in [3.8, 4) is 11.4 Å². The number of hydrogen-bond donors (Lipinski definition) is 1. The van der Waals surface area contributed by atoms with Crippen LogP contribution in [0.4, 0.5) is 0 Å². The van der Waals surface area contributed by atoms with Gasteiger partial charge in [0.05, 0.1) is 11.6 Å². The first-order valence-corrected chi connectivity index (χ1v) is 12.8. The Balaban J connectivity index is 1.55. The molecular weight excluding hydrogens is 464 g/mol. The van der Waals surface area contributed by atoms with Gasteiger partial charge in [-0.2, -0.15) is 4.98 Å². The molecule has 6 heteroatoms. The van der Waals surface area contributed by atoms with E-state index in [4.69, 9.17) is 21.7 Å². The molecule has 4 aromatic rings. The third-order valence-electron chi connectivity index (χ3n) is 6.78. The third kappa shape index (κ3) is 4.82. The van der Waals surface area contributed by atoms with Crippen molar-refractivity contribution in [2.45, 2.75) is 46.2 Å². The van der Waals surface area contributed by atoms with Crippen molar-refractivity contribution >= 4 is 22.9 Å². The smallest absolute Gasteiger partial charge is 0.258 e. The second-order valence-corrected chi connectivity index (χ2v) is 9.41. The molecule has 5 nitrogen and oxygen atoms in total. The molecule has 1 unspecified atom stereocenters. The molecule has 2 heterocycles. The molecule has 3 aromatic carbocycles. The molecule has 0 saturated heterocycles. The van der Waals surface area contributed by atoms with Gasteiger partial charge in [0.25, 0.3) is 5.89 Å². The summed E-state index contributed by atoms with van der Waals surface area (Å²) in [4.78, 5) is 6.95. The van der Waals surface area contributed by atoms with Crippen LogP contribution in [0.2, 0.25) is 0 Å². The van der Waals surface area contributed by atoms with Crippen LogP contribution in [0.1, 0.15) is 55.0 Å². The molecule has 5 rings (SSSR count). The predicted molar refractivity (Wildman–Crippen MR) is 148 cm³/mol. The Labute approximate surface area is 217 Å². The molecule has 0 saturated carbocycles. The van der Waals surface area contributed by atoms with E-state index in [9.17, 15) is 0 Å². The van der Waals surface area contributed by atoms with Crippen molar-refractivity contribution in [2.24, 2.45) is 0 Å². The normalized spacial score (nSPS) is 15.8. The lowest BCUT2D eigenvalue weighted by Gasteiger charge is -2.37. The summed E-state index contributed by atoms with van der Waals surface area (Å²) in [6.45, 7) is 7.05. The van der Waals surface area contributed by atoms with E-state index in [1.807, 2.05) is 30.3 Å². The predicted octanol–water partition coefficient (Wildman–Crippen LogP) is 6.72. The van der Waals surface area contributed by atoms with Gasteiger partial charge in [0.1, 0.15) is 0 Å². The summed E-state index contributed by atoms with van der Waals surface area (Å²) < 4.78 is 5.87. The lowest BCUT2D eigenvalue weighted by molar-refractivity contribution is 0.396. The van der Waals surface area contributed by atoms with Crippen molar-refractivity contribution in [2.75, 3.05) is 0 Å². The molecule has 182 valence electrons. The molecule has 36 heavy (non-hydrogen) atoms. The fraction of sp³-hybridized carbons (Fsp3) is 0.233. The second kappa shape index (κ2) is 10.5. The fourth-order valence-corrected chi connectivity index (χ4v) is 4.87. The van der Waals surface area contributed by atoms with E-state index in [1.54, 1.807) is 0 Å². The lowest BCUT2D eigenvalue weighted by atomic mass is 9.94. The molecule has 1 atom stereocenters. The zero-order chi connectivity index (χ0) is 25.1. The minimum atomic E-state index is -0.187. The highest BCUT2D eigenvalue weighted by Crippen LogP contribution is 2.38. The van der Waals surface area contributed by atoms with Crippen LogP contribution < -0.4 is 5.32 Å². The van der Waals surface area contributed by atoms with E-state index >= 15 is 0 Å². The van der Waals surface area contributed by atoms with Crippen molar-refractivity contribution in [3.63, 3.8) is 0 Å². The van der Waals surface area contributed by atoms with Crippen LogP contribution in [-0.2, 0) is 19.4 Å². The van der Waals surface area contributed by atoms with E-state index in [0.717, 1.165) is 35.2 Å². The largest absolute Gasteiger partial charge is 0.351 e. The Morgan fingerprint density at radius 1 is 0.861 bits per heavy atom. The second-order valence-electron chi connectivity index (χ2n) is 9.02. The molecule has 0 spiro atoms. The number of aryl methyl sites for hydroxylation is 2. The quantitative estimate of drug-likeness (QED) is 0.288. The number of nitrogens with zero attached hydrogens (tertiary/aromatic N) is 3. The van der Waals surface area contributed by atoms with Crippen molar-refractivity contribution in [1.82, 2.24) is 20.4 Å². The molecule has 0 aliphatic carbocycles. The molecule has 1 aromatic heterocycles. The first-order valence-electron chi connectivity index (χ1n) is 12.4. The van der Waals surface area contributed by atoms with Gasteiger partial charge in [0, 0.05) is 17.8 Å². The summed E-state index contributed by atoms with van der Waals surface area (Å²) in [5, 5.41) is 8.55. The van der Waals surface area contributed by atoms with E-state index in [1.165, 1.54) is 16.7 Å². The van der Waals surface area contributed by atoms with Crippen LogP contribution in [0.25, 0.3) is 17.0 Å². The van der Waals surface area contributed by atoms with Gasteiger partial charge in [0.15, 0.2) is 5.11 Å². The van der Waals surface area contributed by atoms with Crippen LogP contribution in [0.5, 0.6) is 0 Å². The SMILES string of the molecule is CCc1ccc(CN2C(=S)NC(c3ccccc3)C(c3nc(-c4ccc(CC)cc4)no3)=C2C)cc1. The summed E-state index contributed by atoms with van der Waals surface area (Å²) in [6, 6.07) is 27.1. The topological polar surface area (TPSA) is 54.2 Å². The minimum Gasteiger partial charge on any atom is -0.351 e. The maximum absolute atomic E-state index is 5.87. The Bertz CT molecular complexity index is 1370. The third-order valence-corrected chi connectivity index (χ3v) is 7.12. The molecule has 0 radical (unpaired) electrons. The van der Waals surface area contributed by atoms with E-state index < -0.39 is 0 Å². The van der Waals surface area contributed by atoms with Gasteiger partial charge in [-0.3, -0.25) is 0 Å². The average molecular weight is 495 g/mol. The minimum absolute atomic E-state index is 0.187. The Hall–Kier alpha value is -3.77. The number of allylic oxidation sites excluding steroid dienone is 1. The van der Waals surface area contributed by atoms with Crippen LogP contribution >= 0.6 is 12.2 Å².